The minimum Gasteiger partial charge on any atom is -0.481 e. The van der Waals surface area contributed by atoms with Crippen LogP contribution >= 0.6 is 11.3 Å². The van der Waals surface area contributed by atoms with E-state index in [4.69, 9.17) is 5.11 Å². The van der Waals surface area contributed by atoms with E-state index in [9.17, 15) is 4.79 Å². The lowest BCUT2D eigenvalue weighted by Crippen LogP contribution is -2.32. The Morgan fingerprint density at radius 3 is 3.00 bits per heavy atom. The fourth-order valence-electron chi connectivity index (χ4n) is 1.36. The number of hydrogen-bond acceptors (Lipinski definition) is 2. The molecule has 2 rings (SSSR count). The zero-order chi connectivity index (χ0) is 9.97. The number of aliphatic carboxylic acids is 1. The van der Waals surface area contributed by atoms with Crippen LogP contribution in [0.25, 0.3) is 10.2 Å². The van der Waals surface area contributed by atoms with Crippen LogP contribution in [0.3, 0.4) is 0 Å². The lowest BCUT2D eigenvalue weighted by atomic mass is 10.3. The quantitative estimate of drug-likeness (QED) is 0.779. The molecule has 1 heterocycles. The summed E-state index contributed by atoms with van der Waals surface area (Å²) in [6.07, 6.45) is 0.172. The molecular weight excluding hydrogens is 198 g/mol. The summed E-state index contributed by atoms with van der Waals surface area (Å²) in [5.41, 5.74) is 3.08. The molecule has 0 spiro atoms. The van der Waals surface area contributed by atoms with Gasteiger partial charge in [0.2, 0.25) is 11.0 Å². The molecule has 1 aromatic heterocycles. The Labute approximate surface area is 85.2 Å². The van der Waals surface area contributed by atoms with Gasteiger partial charge in [-0.1, -0.05) is 23.5 Å². The van der Waals surface area contributed by atoms with E-state index in [1.807, 2.05) is 34.3 Å². The molecule has 72 valence electrons. The van der Waals surface area contributed by atoms with Crippen LogP contribution < -0.4 is 4.57 Å². The largest absolute Gasteiger partial charge is 0.481 e. The summed E-state index contributed by atoms with van der Waals surface area (Å²) in [6.45, 7) is 0.541. The van der Waals surface area contributed by atoms with E-state index in [2.05, 4.69) is 0 Å². The van der Waals surface area contributed by atoms with Crippen molar-refractivity contribution >= 4 is 27.5 Å². The molecule has 2 aromatic rings. The second-order valence-corrected chi connectivity index (χ2v) is 3.91. The number of thiazole rings is 1. The number of para-hydroxylation sites is 1. The third-order valence-electron chi connectivity index (χ3n) is 2.05. The lowest BCUT2D eigenvalue weighted by Gasteiger charge is -1.90. The zero-order valence-electron chi connectivity index (χ0n) is 7.51. The van der Waals surface area contributed by atoms with Crippen LogP contribution in [-0.4, -0.2) is 11.1 Å². The summed E-state index contributed by atoms with van der Waals surface area (Å²) in [5, 5.41) is 8.57. The Hall–Kier alpha value is -1.42. The molecule has 1 N–H and O–H groups in total. The van der Waals surface area contributed by atoms with Crippen LogP contribution in [0.5, 0.6) is 0 Å². The normalized spacial score (nSPS) is 10.6. The number of carbonyl (C=O) groups is 1. The van der Waals surface area contributed by atoms with Crippen LogP contribution in [-0.2, 0) is 11.3 Å². The zero-order valence-corrected chi connectivity index (χ0v) is 8.33. The van der Waals surface area contributed by atoms with Gasteiger partial charge >= 0.3 is 5.97 Å². The highest BCUT2D eigenvalue weighted by atomic mass is 32.1. The molecule has 0 atom stereocenters. The number of carboxylic acids is 1. The summed E-state index contributed by atoms with van der Waals surface area (Å²) >= 11 is 1.64. The standard InChI is InChI=1S/C10H9NO2S/c12-10(13)5-6-11-7-14-9-4-2-1-3-8(9)11/h1-4,7H,5-6H2/p+1. The molecule has 0 aliphatic rings. The third-order valence-corrected chi connectivity index (χ3v) is 3.01. The summed E-state index contributed by atoms with van der Waals surface area (Å²) in [4.78, 5) is 10.4. The number of fused-ring (bicyclic) bond motifs is 1. The van der Waals surface area contributed by atoms with Crippen molar-refractivity contribution in [1.82, 2.24) is 0 Å². The number of benzene rings is 1. The van der Waals surface area contributed by atoms with Gasteiger partial charge < -0.3 is 5.11 Å². The van der Waals surface area contributed by atoms with Gasteiger partial charge in [-0.3, -0.25) is 4.79 Å². The van der Waals surface area contributed by atoms with E-state index in [-0.39, 0.29) is 6.42 Å². The van der Waals surface area contributed by atoms with Crippen molar-refractivity contribution in [2.75, 3.05) is 0 Å². The molecule has 14 heavy (non-hydrogen) atoms. The van der Waals surface area contributed by atoms with Crippen molar-refractivity contribution in [3.05, 3.63) is 29.8 Å². The van der Waals surface area contributed by atoms with E-state index in [0.717, 1.165) is 5.52 Å². The minimum absolute atomic E-state index is 0.172. The number of aromatic nitrogens is 1. The molecular formula is C10H10NO2S+. The number of hydrogen-bond donors (Lipinski definition) is 1. The van der Waals surface area contributed by atoms with Gasteiger partial charge in [0.25, 0.3) is 0 Å². The highest BCUT2D eigenvalue weighted by Gasteiger charge is 2.11. The van der Waals surface area contributed by atoms with Crippen LogP contribution in [0.1, 0.15) is 6.42 Å². The third kappa shape index (κ3) is 1.75. The predicted molar refractivity (Wildman–Crippen MR) is 54.3 cm³/mol. The highest BCUT2D eigenvalue weighted by Crippen LogP contribution is 2.14. The molecule has 0 fully saturated rings. The lowest BCUT2D eigenvalue weighted by molar-refractivity contribution is -0.666. The number of rotatable bonds is 3. The van der Waals surface area contributed by atoms with Gasteiger partial charge in [0.1, 0.15) is 11.1 Å². The van der Waals surface area contributed by atoms with E-state index >= 15 is 0 Å². The average Bonchev–Trinajstić information content (AvgIpc) is 2.58. The fourth-order valence-corrected chi connectivity index (χ4v) is 2.28. The summed E-state index contributed by atoms with van der Waals surface area (Å²) in [5.74, 6) is -0.757. The number of carboxylic acid groups (broad SMARTS) is 1. The van der Waals surface area contributed by atoms with Gasteiger partial charge in [0, 0.05) is 6.07 Å². The average molecular weight is 208 g/mol. The van der Waals surface area contributed by atoms with Crippen LogP contribution in [0.2, 0.25) is 0 Å². The maximum atomic E-state index is 10.4. The van der Waals surface area contributed by atoms with Crippen molar-refractivity contribution in [2.24, 2.45) is 0 Å². The molecule has 0 unspecified atom stereocenters. The SMILES string of the molecule is O=C(O)CC[n+]1csc2ccccc21. The molecule has 0 amide bonds. The Morgan fingerprint density at radius 1 is 1.43 bits per heavy atom. The molecule has 0 radical (unpaired) electrons. The van der Waals surface area contributed by atoms with Crippen molar-refractivity contribution in [3.8, 4) is 0 Å². The van der Waals surface area contributed by atoms with Crippen molar-refractivity contribution in [2.45, 2.75) is 13.0 Å². The first-order chi connectivity index (χ1) is 6.77. The van der Waals surface area contributed by atoms with E-state index in [1.54, 1.807) is 11.3 Å². The second-order valence-electron chi connectivity index (χ2n) is 3.03. The molecule has 4 heteroatoms. The van der Waals surface area contributed by atoms with Crippen LogP contribution in [0, 0.1) is 0 Å². The second kappa shape index (κ2) is 3.75. The van der Waals surface area contributed by atoms with E-state index < -0.39 is 5.97 Å². The topological polar surface area (TPSA) is 41.2 Å². The van der Waals surface area contributed by atoms with Crippen molar-refractivity contribution < 1.29 is 14.5 Å². The van der Waals surface area contributed by atoms with Crippen molar-refractivity contribution in [1.29, 1.82) is 0 Å². The van der Waals surface area contributed by atoms with Gasteiger partial charge in [-0.15, -0.1) is 0 Å². The summed E-state index contributed by atoms with van der Waals surface area (Å²) in [7, 11) is 0. The maximum absolute atomic E-state index is 10.4. The first-order valence-corrected chi connectivity index (χ1v) is 5.23. The Morgan fingerprint density at radius 2 is 2.21 bits per heavy atom. The molecule has 1 aromatic carbocycles. The first kappa shape index (κ1) is 9.15. The Balaban J connectivity index is 2.29. The number of aryl methyl sites for hydroxylation is 1. The molecule has 0 bridgehead atoms. The van der Waals surface area contributed by atoms with Gasteiger partial charge in [0.05, 0.1) is 0 Å². The van der Waals surface area contributed by atoms with Gasteiger partial charge in [-0.25, -0.2) is 0 Å². The molecule has 0 aliphatic heterocycles. The van der Waals surface area contributed by atoms with Crippen LogP contribution in [0.4, 0.5) is 0 Å². The fraction of sp³-hybridized carbons (Fsp3) is 0.200. The molecule has 3 nitrogen and oxygen atoms in total. The van der Waals surface area contributed by atoms with Gasteiger partial charge in [0.15, 0.2) is 6.54 Å². The molecule has 0 saturated heterocycles. The Bertz CT molecular complexity index is 464. The van der Waals surface area contributed by atoms with Crippen molar-refractivity contribution in [3.63, 3.8) is 0 Å². The first-order valence-electron chi connectivity index (χ1n) is 4.35. The molecule has 0 saturated carbocycles. The summed E-state index contributed by atoms with van der Waals surface area (Å²) < 4.78 is 3.17. The van der Waals surface area contributed by atoms with E-state index in [1.165, 1.54) is 4.70 Å². The van der Waals surface area contributed by atoms with E-state index in [0.29, 0.717) is 6.54 Å². The van der Waals surface area contributed by atoms with Gasteiger partial charge in [-0.2, -0.15) is 4.57 Å². The monoisotopic (exact) mass is 208 g/mol. The molecule has 0 aliphatic carbocycles. The Kier molecular flexibility index (Phi) is 2.45. The number of nitrogens with zero attached hydrogens (tertiary/aromatic N) is 1. The summed E-state index contributed by atoms with van der Waals surface area (Å²) in [6, 6.07) is 8.00. The highest BCUT2D eigenvalue weighted by molar-refractivity contribution is 7.16. The maximum Gasteiger partial charge on any atom is 0.309 e. The minimum atomic E-state index is -0.757. The van der Waals surface area contributed by atoms with Gasteiger partial charge in [-0.05, 0) is 6.07 Å². The predicted octanol–water partition coefficient (Wildman–Crippen LogP) is 1.66. The smallest absolute Gasteiger partial charge is 0.309 e. The van der Waals surface area contributed by atoms with Crippen LogP contribution in [0.15, 0.2) is 29.8 Å².